The molecule has 1 atom stereocenters. The number of rotatable bonds is 1. The molecule has 14 heavy (non-hydrogen) atoms. The first-order valence-corrected chi connectivity index (χ1v) is 4.65. The van der Waals surface area contributed by atoms with Gasteiger partial charge in [-0.05, 0) is 34.1 Å². The molecule has 0 aromatic carbocycles. The van der Waals surface area contributed by atoms with E-state index in [1.807, 2.05) is 0 Å². The van der Waals surface area contributed by atoms with Crippen LogP contribution in [-0.4, -0.2) is 27.3 Å². The van der Waals surface area contributed by atoms with Gasteiger partial charge in [-0.2, -0.15) is 0 Å². The Morgan fingerprint density at radius 3 is 2.21 bits per heavy atom. The smallest absolute Gasteiger partial charge is 0.248 e. The van der Waals surface area contributed by atoms with Crippen LogP contribution < -0.4 is 5.48 Å². The lowest BCUT2D eigenvalue weighted by Gasteiger charge is -2.32. The Balaban J connectivity index is 2.97. The van der Waals surface area contributed by atoms with Crippen LogP contribution in [-0.2, 0) is 10.0 Å². The summed E-state index contributed by atoms with van der Waals surface area (Å²) in [7, 11) is 0. The molecule has 0 aromatic rings. The van der Waals surface area contributed by atoms with Crippen molar-refractivity contribution < 1.29 is 15.2 Å². The molecular weight excluding hydrogens is 184 g/mol. The summed E-state index contributed by atoms with van der Waals surface area (Å²) in [6.45, 7) is 7.03. The van der Waals surface area contributed by atoms with Crippen molar-refractivity contribution in [1.82, 2.24) is 10.5 Å². The minimum atomic E-state index is -0.768. The molecule has 0 spiro atoms. The summed E-state index contributed by atoms with van der Waals surface area (Å²) in [6, 6.07) is 0. The van der Waals surface area contributed by atoms with Gasteiger partial charge >= 0.3 is 0 Å². The third kappa shape index (κ3) is 1.51. The summed E-state index contributed by atoms with van der Waals surface area (Å²) >= 11 is 0. The van der Waals surface area contributed by atoms with Crippen LogP contribution in [0.2, 0.25) is 0 Å². The molecule has 2 N–H and O–H groups in total. The number of hydrogen-bond acceptors (Lipinski definition) is 3. The minimum Gasteiger partial charge on any atom is -0.289 e. The van der Waals surface area contributed by atoms with Crippen molar-refractivity contribution in [2.24, 2.45) is 5.92 Å². The number of nitrogens with zero attached hydrogens (tertiary/aromatic N) is 1. The van der Waals surface area contributed by atoms with E-state index in [4.69, 9.17) is 5.21 Å². The van der Waals surface area contributed by atoms with Crippen molar-refractivity contribution in [2.45, 2.75) is 45.2 Å². The van der Waals surface area contributed by atoms with Crippen LogP contribution in [0, 0.1) is 5.92 Å². The van der Waals surface area contributed by atoms with Crippen molar-refractivity contribution in [2.75, 3.05) is 0 Å². The van der Waals surface area contributed by atoms with Gasteiger partial charge in [-0.15, -0.1) is 10.3 Å². The Hall–Kier alpha value is -0.650. The zero-order chi connectivity index (χ0) is 11.1. The Bertz CT molecular complexity index is 250. The number of hydrogen-bond donors (Lipinski definition) is 2. The topological polar surface area (TPSA) is 72.5 Å². The number of hydroxylamine groups is 3. The predicted octanol–water partition coefficient (Wildman–Crippen LogP) is 0.716. The number of amides is 1. The van der Waals surface area contributed by atoms with Crippen LogP contribution in [0.4, 0.5) is 0 Å². The van der Waals surface area contributed by atoms with Gasteiger partial charge in [0.05, 0.1) is 11.5 Å². The summed E-state index contributed by atoms with van der Waals surface area (Å²) in [4.78, 5) is 11.3. The largest absolute Gasteiger partial charge is 0.289 e. The number of nitrogens with one attached hydrogen (secondary N) is 1. The molecular formula is C9H17N2O3. The van der Waals surface area contributed by atoms with Crippen LogP contribution in [0.25, 0.3) is 0 Å². The fourth-order valence-corrected chi connectivity index (χ4v) is 2.25. The van der Waals surface area contributed by atoms with Crippen molar-refractivity contribution >= 4 is 5.91 Å². The molecule has 1 rings (SSSR count). The highest BCUT2D eigenvalue weighted by molar-refractivity contribution is 5.79. The molecule has 5 nitrogen and oxygen atoms in total. The van der Waals surface area contributed by atoms with Crippen LogP contribution in [0.3, 0.4) is 0 Å². The maximum atomic E-state index is 11.8. The van der Waals surface area contributed by atoms with Crippen LogP contribution >= 0.6 is 0 Å². The molecule has 1 aliphatic rings. The van der Waals surface area contributed by atoms with Crippen molar-refractivity contribution in [1.29, 1.82) is 0 Å². The Morgan fingerprint density at radius 1 is 1.43 bits per heavy atom. The van der Waals surface area contributed by atoms with E-state index in [0.29, 0.717) is 6.42 Å². The molecule has 81 valence electrons. The van der Waals surface area contributed by atoms with Crippen molar-refractivity contribution in [3.8, 4) is 0 Å². The summed E-state index contributed by atoms with van der Waals surface area (Å²) in [5, 5.41) is 21.3. The van der Waals surface area contributed by atoms with Crippen molar-refractivity contribution in [3.63, 3.8) is 0 Å². The first-order valence-electron chi connectivity index (χ1n) is 4.65. The summed E-state index contributed by atoms with van der Waals surface area (Å²) in [5.74, 6) is -0.957. The Labute approximate surface area is 83.6 Å². The maximum absolute atomic E-state index is 11.8. The fraction of sp³-hybridized carbons (Fsp3) is 0.889. The molecule has 0 aromatic heterocycles. The highest BCUT2D eigenvalue weighted by atomic mass is 16.5. The van der Waals surface area contributed by atoms with Gasteiger partial charge in [0.2, 0.25) is 5.91 Å². The quantitative estimate of drug-likeness (QED) is 0.485. The molecule has 1 amide bonds. The second-order valence-electron chi connectivity index (χ2n) is 4.99. The first kappa shape index (κ1) is 11.4. The molecule has 1 saturated heterocycles. The van der Waals surface area contributed by atoms with E-state index in [9.17, 15) is 10.0 Å². The van der Waals surface area contributed by atoms with Gasteiger partial charge in [-0.25, -0.2) is 5.48 Å². The van der Waals surface area contributed by atoms with Gasteiger partial charge in [0.25, 0.3) is 0 Å². The second kappa shape index (κ2) is 3.18. The van der Waals surface area contributed by atoms with Gasteiger partial charge in [0.1, 0.15) is 0 Å². The molecule has 1 heterocycles. The molecule has 1 unspecified atom stereocenters. The maximum Gasteiger partial charge on any atom is 0.248 e. The van der Waals surface area contributed by atoms with E-state index < -0.39 is 22.9 Å². The first-order chi connectivity index (χ1) is 6.23. The van der Waals surface area contributed by atoms with Gasteiger partial charge in [0.15, 0.2) is 0 Å². The monoisotopic (exact) mass is 201 g/mol. The van der Waals surface area contributed by atoms with Crippen LogP contribution in [0.1, 0.15) is 34.1 Å². The van der Waals surface area contributed by atoms with E-state index in [1.165, 1.54) is 0 Å². The Kier molecular flexibility index (Phi) is 2.60. The van der Waals surface area contributed by atoms with Crippen LogP contribution in [0.5, 0.6) is 0 Å². The van der Waals surface area contributed by atoms with Gasteiger partial charge in [-0.3, -0.25) is 10.0 Å². The molecule has 0 aliphatic carbocycles. The SMILES string of the molecule is CC1(C)CC(C(=O)NO)C(C)(C)N1[O]. The van der Waals surface area contributed by atoms with Gasteiger partial charge < -0.3 is 0 Å². The molecule has 5 heteroatoms. The number of carbonyl (C=O) groups is 1. The third-order valence-corrected chi connectivity index (χ3v) is 3.06. The summed E-state index contributed by atoms with van der Waals surface area (Å²) in [5.41, 5.74) is 0.294. The summed E-state index contributed by atoms with van der Waals surface area (Å²) < 4.78 is 0. The standard InChI is InChI=1S/C9H17N2O3/c1-8(2)5-6(7(12)10-13)9(3,4)11(8)14/h6,13H,5H2,1-4H3,(H,10,12). The van der Waals surface area contributed by atoms with Crippen LogP contribution in [0.15, 0.2) is 0 Å². The van der Waals surface area contributed by atoms with E-state index in [0.717, 1.165) is 5.06 Å². The minimum absolute atomic E-state index is 0.454. The van der Waals surface area contributed by atoms with E-state index in [2.05, 4.69) is 0 Å². The van der Waals surface area contributed by atoms with Crippen molar-refractivity contribution in [3.05, 3.63) is 0 Å². The highest BCUT2D eigenvalue weighted by Gasteiger charge is 2.55. The summed E-state index contributed by atoms with van der Waals surface area (Å²) in [6.07, 6.45) is 0.454. The normalized spacial score (nSPS) is 30.3. The molecule has 0 saturated carbocycles. The Morgan fingerprint density at radius 2 is 1.93 bits per heavy atom. The van der Waals surface area contributed by atoms with Gasteiger partial charge in [0, 0.05) is 5.54 Å². The second-order valence-corrected chi connectivity index (χ2v) is 4.99. The van der Waals surface area contributed by atoms with Gasteiger partial charge in [-0.1, -0.05) is 0 Å². The molecule has 0 bridgehead atoms. The molecule has 1 radical (unpaired) electrons. The lowest BCUT2D eigenvalue weighted by Crippen LogP contribution is -2.48. The highest BCUT2D eigenvalue weighted by Crippen LogP contribution is 2.43. The zero-order valence-electron chi connectivity index (χ0n) is 9.00. The molecule has 1 fully saturated rings. The van der Waals surface area contributed by atoms with E-state index in [-0.39, 0.29) is 0 Å². The van der Waals surface area contributed by atoms with E-state index >= 15 is 0 Å². The average molecular weight is 201 g/mol. The number of carbonyl (C=O) groups excluding carboxylic acids is 1. The molecule has 1 aliphatic heterocycles. The van der Waals surface area contributed by atoms with E-state index in [1.54, 1.807) is 33.2 Å². The lowest BCUT2D eigenvalue weighted by molar-refractivity contribution is -0.248. The lowest BCUT2D eigenvalue weighted by atomic mass is 9.86. The third-order valence-electron chi connectivity index (χ3n) is 3.06. The fourth-order valence-electron chi connectivity index (χ4n) is 2.25. The zero-order valence-corrected chi connectivity index (χ0v) is 9.00. The predicted molar refractivity (Wildman–Crippen MR) is 48.7 cm³/mol. The average Bonchev–Trinajstić information content (AvgIpc) is 2.25.